The summed E-state index contributed by atoms with van der Waals surface area (Å²) in [6.07, 6.45) is 4.59. The van der Waals surface area contributed by atoms with E-state index in [0.717, 1.165) is 30.6 Å². The smallest absolute Gasteiger partial charge is 0.319 e. The molecule has 1 unspecified atom stereocenters. The van der Waals surface area contributed by atoms with Crippen LogP contribution in [0.2, 0.25) is 0 Å². The third kappa shape index (κ3) is 3.73. The molecular weight excluding hydrogens is 288 g/mol. The zero-order valence-corrected chi connectivity index (χ0v) is 13.9. The van der Waals surface area contributed by atoms with Crippen molar-refractivity contribution in [2.75, 3.05) is 5.32 Å². The fourth-order valence-corrected chi connectivity index (χ4v) is 2.94. The Morgan fingerprint density at radius 3 is 2.70 bits per heavy atom. The molecule has 1 atom stereocenters. The number of nitrogens with zero attached hydrogens (tertiary/aromatic N) is 1. The summed E-state index contributed by atoms with van der Waals surface area (Å²) in [6, 6.07) is 8.03. The van der Waals surface area contributed by atoms with E-state index in [9.17, 15) is 4.79 Å². The number of rotatable bonds is 2. The molecule has 3 rings (SSSR count). The van der Waals surface area contributed by atoms with E-state index in [1.807, 2.05) is 18.3 Å². The van der Waals surface area contributed by atoms with Gasteiger partial charge in [-0.15, -0.1) is 0 Å². The van der Waals surface area contributed by atoms with Crippen LogP contribution in [0.1, 0.15) is 44.0 Å². The van der Waals surface area contributed by atoms with E-state index >= 15 is 0 Å². The first-order chi connectivity index (χ1) is 10.9. The fourth-order valence-electron chi connectivity index (χ4n) is 2.94. The van der Waals surface area contributed by atoms with Crippen LogP contribution >= 0.6 is 0 Å². The van der Waals surface area contributed by atoms with Crippen molar-refractivity contribution in [3.63, 3.8) is 0 Å². The van der Waals surface area contributed by atoms with Crippen LogP contribution < -0.4 is 10.6 Å². The molecule has 0 bridgehead atoms. The van der Waals surface area contributed by atoms with Gasteiger partial charge in [0, 0.05) is 23.8 Å². The number of carbonyl (C=O) groups is 1. The Morgan fingerprint density at radius 2 is 2.00 bits per heavy atom. The van der Waals surface area contributed by atoms with Crippen LogP contribution in [0, 0.1) is 0 Å². The van der Waals surface area contributed by atoms with Gasteiger partial charge >= 0.3 is 6.03 Å². The van der Waals surface area contributed by atoms with E-state index in [-0.39, 0.29) is 17.5 Å². The van der Waals surface area contributed by atoms with Crippen molar-refractivity contribution in [3.8, 4) is 0 Å². The Kier molecular flexibility index (Phi) is 4.11. The number of hydrogen-bond donors (Lipinski definition) is 3. The molecule has 0 fully saturated rings. The number of fused-ring (bicyclic) bond motifs is 1. The van der Waals surface area contributed by atoms with Gasteiger partial charge in [0.25, 0.3) is 0 Å². The molecule has 0 saturated heterocycles. The van der Waals surface area contributed by atoms with Crippen molar-refractivity contribution in [1.82, 2.24) is 15.5 Å². The van der Waals surface area contributed by atoms with Crippen LogP contribution in [0.4, 0.5) is 10.5 Å². The summed E-state index contributed by atoms with van der Waals surface area (Å²) < 4.78 is 0. The lowest BCUT2D eigenvalue weighted by molar-refractivity contribution is 0.247. The average Bonchev–Trinajstić information content (AvgIpc) is 2.94. The lowest BCUT2D eigenvalue weighted by Crippen LogP contribution is -2.41. The molecular formula is C18H24N4O. The Hall–Kier alpha value is -2.30. The van der Waals surface area contributed by atoms with Gasteiger partial charge < -0.3 is 10.6 Å². The van der Waals surface area contributed by atoms with Crippen molar-refractivity contribution >= 4 is 11.7 Å². The number of hydrogen-bond acceptors (Lipinski definition) is 2. The molecule has 0 radical (unpaired) electrons. The largest absolute Gasteiger partial charge is 0.335 e. The standard InChI is InChI=1S/C18H24N4O/c1-18(2,3)13-5-8-14(9-6-13)20-17(23)21-15-7-4-12-11-19-22-16(12)10-15/h5-6,8-9,11,15H,4,7,10H2,1-3H3,(H,19,22)(H2,20,21,23). The number of carbonyl (C=O) groups excluding carboxylic acids is 1. The molecule has 5 heteroatoms. The minimum absolute atomic E-state index is 0.116. The van der Waals surface area contributed by atoms with Crippen molar-refractivity contribution in [3.05, 3.63) is 47.3 Å². The number of anilines is 1. The maximum Gasteiger partial charge on any atom is 0.319 e. The zero-order valence-electron chi connectivity index (χ0n) is 13.9. The topological polar surface area (TPSA) is 69.8 Å². The second-order valence-electron chi connectivity index (χ2n) is 7.24. The molecule has 1 aromatic heterocycles. The first-order valence-corrected chi connectivity index (χ1v) is 8.11. The van der Waals surface area contributed by atoms with Crippen molar-refractivity contribution in [2.24, 2.45) is 0 Å². The second-order valence-corrected chi connectivity index (χ2v) is 7.24. The Labute approximate surface area is 136 Å². The van der Waals surface area contributed by atoms with Crippen LogP contribution in [-0.2, 0) is 18.3 Å². The maximum atomic E-state index is 12.2. The quantitative estimate of drug-likeness (QED) is 0.795. The minimum atomic E-state index is -0.151. The summed E-state index contributed by atoms with van der Waals surface area (Å²) in [5.41, 5.74) is 4.58. The summed E-state index contributed by atoms with van der Waals surface area (Å²) >= 11 is 0. The van der Waals surface area contributed by atoms with E-state index in [0.29, 0.717) is 0 Å². The van der Waals surface area contributed by atoms with Crippen LogP contribution in [0.5, 0.6) is 0 Å². The van der Waals surface area contributed by atoms with Crippen LogP contribution in [0.15, 0.2) is 30.5 Å². The second kappa shape index (κ2) is 6.07. The van der Waals surface area contributed by atoms with Gasteiger partial charge in [0.15, 0.2) is 0 Å². The van der Waals surface area contributed by atoms with Crippen molar-refractivity contribution in [2.45, 2.75) is 51.5 Å². The molecule has 2 amide bonds. The highest BCUT2D eigenvalue weighted by Crippen LogP contribution is 2.23. The Bertz CT molecular complexity index is 682. The Morgan fingerprint density at radius 1 is 1.26 bits per heavy atom. The van der Waals surface area contributed by atoms with Gasteiger partial charge in [-0.3, -0.25) is 5.10 Å². The normalized spacial score (nSPS) is 17.4. The number of nitrogens with one attached hydrogen (secondary N) is 3. The number of amides is 2. The molecule has 1 aliphatic rings. The van der Waals surface area contributed by atoms with Gasteiger partial charge in [-0.25, -0.2) is 4.79 Å². The highest BCUT2D eigenvalue weighted by molar-refractivity contribution is 5.89. The van der Waals surface area contributed by atoms with E-state index in [2.05, 4.69) is 53.7 Å². The molecule has 0 aliphatic heterocycles. The van der Waals surface area contributed by atoms with Gasteiger partial charge in [0.1, 0.15) is 0 Å². The lowest BCUT2D eigenvalue weighted by atomic mass is 9.87. The molecule has 122 valence electrons. The molecule has 3 N–H and O–H groups in total. The highest BCUT2D eigenvalue weighted by Gasteiger charge is 2.21. The highest BCUT2D eigenvalue weighted by atomic mass is 16.2. The number of H-pyrrole nitrogens is 1. The predicted molar refractivity (Wildman–Crippen MR) is 91.7 cm³/mol. The summed E-state index contributed by atoms with van der Waals surface area (Å²) in [5.74, 6) is 0. The van der Waals surface area contributed by atoms with E-state index in [4.69, 9.17) is 0 Å². The van der Waals surface area contributed by atoms with Gasteiger partial charge in [-0.2, -0.15) is 5.10 Å². The van der Waals surface area contributed by atoms with Crippen molar-refractivity contribution < 1.29 is 4.79 Å². The Balaban J connectivity index is 1.56. The van der Waals surface area contributed by atoms with Crippen LogP contribution in [-0.4, -0.2) is 22.3 Å². The van der Waals surface area contributed by atoms with Gasteiger partial charge in [-0.1, -0.05) is 32.9 Å². The predicted octanol–water partition coefficient (Wildman–Crippen LogP) is 3.39. The summed E-state index contributed by atoms with van der Waals surface area (Å²) in [7, 11) is 0. The third-order valence-electron chi connectivity index (χ3n) is 4.36. The molecule has 0 saturated carbocycles. The first kappa shape index (κ1) is 15.6. The first-order valence-electron chi connectivity index (χ1n) is 8.11. The third-order valence-corrected chi connectivity index (χ3v) is 4.36. The molecule has 1 aliphatic carbocycles. The molecule has 0 spiro atoms. The van der Waals surface area contributed by atoms with Gasteiger partial charge in [-0.05, 0) is 41.5 Å². The number of benzene rings is 1. The summed E-state index contributed by atoms with van der Waals surface area (Å²) in [6.45, 7) is 6.53. The molecule has 1 aromatic carbocycles. The number of aryl methyl sites for hydroxylation is 1. The lowest BCUT2D eigenvalue weighted by Gasteiger charge is -2.23. The molecule has 5 nitrogen and oxygen atoms in total. The van der Waals surface area contributed by atoms with Crippen LogP contribution in [0.3, 0.4) is 0 Å². The van der Waals surface area contributed by atoms with Gasteiger partial charge in [0.2, 0.25) is 0 Å². The van der Waals surface area contributed by atoms with Crippen LogP contribution in [0.25, 0.3) is 0 Å². The maximum absolute atomic E-state index is 12.2. The summed E-state index contributed by atoms with van der Waals surface area (Å²) in [4.78, 5) is 12.2. The minimum Gasteiger partial charge on any atom is -0.335 e. The molecule has 2 aromatic rings. The summed E-state index contributed by atoms with van der Waals surface area (Å²) in [5, 5.41) is 13.0. The number of aromatic nitrogens is 2. The van der Waals surface area contributed by atoms with Gasteiger partial charge in [0.05, 0.1) is 6.20 Å². The van der Waals surface area contributed by atoms with E-state index in [1.54, 1.807) is 0 Å². The SMILES string of the molecule is CC(C)(C)c1ccc(NC(=O)NC2CCc3cn[nH]c3C2)cc1. The number of aromatic amines is 1. The number of urea groups is 1. The van der Waals surface area contributed by atoms with E-state index < -0.39 is 0 Å². The van der Waals surface area contributed by atoms with Crippen molar-refractivity contribution in [1.29, 1.82) is 0 Å². The zero-order chi connectivity index (χ0) is 16.4. The average molecular weight is 312 g/mol. The van der Waals surface area contributed by atoms with E-state index in [1.165, 1.54) is 11.1 Å². The molecule has 1 heterocycles. The fraction of sp³-hybridized carbons (Fsp3) is 0.444. The molecule has 23 heavy (non-hydrogen) atoms. The monoisotopic (exact) mass is 312 g/mol.